The molecule has 0 saturated carbocycles. The zero-order valence-corrected chi connectivity index (χ0v) is 19.6. The predicted octanol–water partition coefficient (Wildman–Crippen LogP) is 3.15. The molecule has 0 spiro atoms. The minimum atomic E-state index is -0.550. The number of nitrogens with zero attached hydrogens (tertiary/aromatic N) is 4. The van der Waals surface area contributed by atoms with Crippen molar-refractivity contribution in [3.63, 3.8) is 0 Å². The van der Waals surface area contributed by atoms with Gasteiger partial charge in [0.25, 0.3) is 0 Å². The number of rotatable bonds is 6. The molecule has 2 aromatic carbocycles. The highest BCUT2D eigenvalue weighted by Gasteiger charge is 2.48. The summed E-state index contributed by atoms with van der Waals surface area (Å²) in [5.74, 6) is 0.661. The number of para-hydroxylation sites is 2. The van der Waals surface area contributed by atoms with Gasteiger partial charge in [-0.2, -0.15) is 0 Å². The Kier molecular flexibility index (Phi) is 5.28. The smallest absolute Gasteiger partial charge is 0.246 e. The number of benzene rings is 2. The summed E-state index contributed by atoms with van der Waals surface area (Å²) in [6, 6.07) is 14.9. The number of hydrogen-bond donors (Lipinski definition) is 1. The zero-order chi connectivity index (χ0) is 23.9. The largest absolute Gasteiger partial charge is 0.496 e. The first kappa shape index (κ1) is 21.5. The third kappa shape index (κ3) is 3.56. The molecule has 2 aliphatic heterocycles. The van der Waals surface area contributed by atoms with Crippen LogP contribution in [0.2, 0.25) is 0 Å². The maximum absolute atomic E-state index is 13.8. The first-order chi connectivity index (χ1) is 17.2. The molecule has 4 heterocycles. The van der Waals surface area contributed by atoms with Crippen LogP contribution in [0.3, 0.4) is 0 Å². The first-order valence-corrected chi connectivity index (χ1v) is 11.9. The standard InChI is InChI=1S/C27H27N5O3/c1-35-23-10-5-3-8-19(23)26-25-20(18-7-2-4-9-21(18)29-25)15-22-27(34)31(16-24(33)32(22)26)13-6-12-30-14-11-28-17-30/h2-5,7-11,14,17,22,26,29H,6,12-13,15-16H2,1H3/t22-,26?/m0/s1. The molecule has 6 rings (SSSR count). The molecule has 2 aliphatic rings. The molecular weight excluding hydrogens is 442 g/mol. The first-order valence-electron chi connectivity index (χ1n) is 11.9. The van der Waals surface area contributed by atoms with Gasteiger partial charge in [0, 0.05) is 54.1 Å². The number of hydrogen-bond acceptors (Lipinski definition) is 4. The lowest BCUT2D eigenvalue weighted by atomic mass is 9.86. The Morgan fingerprint density at radius 2 is 1.91 bits per heavy atom. The molecule has 35 heavy (non-hydrogen) atoms. The normalized spacial score (nSPS) is 19.7. The molecule has 2 amide bonds. The number of nitrogens with one attached hydrogen (secondary N) is 1. The van der Waals surface area contributed by atoms with Crippen LogP contribution in [-0.2, 0) is 22.6 Å². The van der Waals surface area contributed by atoms with Crippen LogP contribution < -0.4 is 4.74 Å². The molecule has 4 aromatic rings. The molecule has 2 atom stereocenters. The monoisotopic (exact) mass is 469 g/mol. The van der Waals surface area contributed by atoms with Gasteiger partial charge in [-0.05, 0) is 24.1 Å². The summed E-state index contributed by atoms with van der Waals surface area (Å²) in [6.07, 6.45) is 6.67. The Labute approximate surface area is 203 Å². The van der Waals surface area contributed by atoms with Crippen molar-refractivity contribution in [1.82, 2.24) is 24.3 Å². The Balaban J connectivity index is 1.39. The molecule has 1 fully saturated rings. The van der Waals surface area contributed by atoms with Gasteiger partial charge in [0.1, 0.15) is 17.8 Å². The minimum Gasteiger partial charge on any atom is -0.496 e. The average Bonchev–Trinajstić information content (AvgIpc) is 3.53. The number of fused-ring (bicyclic) bond motifs is 4. The van der Waals surface area contributed by atoms with Crippen molar-refractivity contribution >= 4 is 22.7 Å². The molecule has 0 radical (unpaired) electrons. The van der Waals surface area contributed by atoms with Gasteiger partial charge >= 0.3 is 0 Å². The fourth-order valence-electron chi connectivity index (χ4n) is 5.59. The van der Waals surface area contributed by atoms with Crippen molar-refractivity contribution in [2.75, 3.05) is 20.2 Å². The number of aromatic nitrogens is 3. The number of ether oxygens (including phenoxy) is 1. The van der Waals surface area contributed by atoms with E-state index >= 15 is 0 Å². The van der Waals surface area contributed by atoms with Crippen LogP contribution in [-0.4, -0.2) is 62.4 Å². The summed E-state index contributed by atoms with van der Waals surface area (Å²) in [5.41, 5.74) is 3.94. The van der Waals surface area contributed by atoms with Gasteiger partial charge in [-0.1, -0.05) is 36.4 Å². The average molecular weight is 470 g/mol. The molecule has 0 bridgehead atoms. The molecule has 0 aliphatic carbocycles. The Morgan fingerprint density at radius 3 is 2.74 bits per heavy atom. The molecule has 2 aromatic heterocycles. The lowest BCUT2D eigenvalue weighted by Gasteiger charge is -2.47. The number of piperazine rings is 1. The Morgan fingerprint density at radius 1 is 1.09 bits per heavy atom. The van der Waals surface area contributed by atoms with Gasteiger partial charge in [-0.3, -0.25) is 9.59 Å². The zero-order valence-electron chi connectivity index (χ0n) is 19.6. The van der Waals surface area contributed by atoms with Gasteiger partial charge in [-0.25, -0.2) is 4.98 Å². The summed E-state index contributed by atoms with van der Waals surface area (Å²) in [5, 5.41) is 1.10. The van der Waals surface area contributed by atoms with Crippen LogP contribution >= 0.6 is 0 Å². The molecule has 8 nitrogen and oxygen atoms in total. The van der Waals surface area contributed by atoms with Crippen molar-refractivity contribution < 1.29 is 14.3 Å². The topological polar surface area (TPSA) is 83.5 Å². The predicted molar refractivity (Wildman–Crippen MR) is 131 cm³/mol. The molecule has 1 saturated heterocycles. The van der Waals surface area contributed by atoms with E-state index in [1.807, 2.05) is 53.2 Å². The molecule has 1 unspecified atom stereocenters. The van der Waals surface area contributed by atoms with E-state index in [1.165, 1.54) is 0 Å². The number of methoxy groups -OCH3 is 1. The van der Waals surface area contributed by atoms with E-state index in [-0.39, 0.29) is 18.4 Å². The highest BCUT2D eigenvalue weighted by atomic mass is 16.5. The van der Waals surface area contributed by atoms with E-state index in [0.29, 0.717) is 18.7 Å². The van der Waals surface area contributed by atoms with Crippen molar-refractivity contribution in [2.24, 2.45) is 0 Å². The van der Waals surface area contributed by atoms with Gasteiger partial charge in [0.05, 0.1) is 20.0 Å². The quantitative estimate of drug-likeness (QED) is 0.470. The Bertz CT molecular complexity index is 1390. The van der Waals surface area contributed by atoms with Gasteiger partial charge < -0.3 is 24.1 Å². The number of H-pyrrole nitrogens is 1. The van der Waals surface area contributed by atoms with Crippen LogP contribution in [0.4, 0.5) is 0 Å². The van der Waals surface area contributed by atoms with Crippen molar-refractivity contribution in [1.29, 1.82) is 0 Å². The van der Waals surface area contributed by atoms with E-state index in [4.69, 9.17) is 4.74 Å². The van der Waals surface area contributed by atoms with Crippen LogP contribution in [0, 0.1) is 0 Å². The number of carbonyl (C=O) groups excluding carboxylic acids is 2. The van der Waals surface area contributed by atoms with E-state index in [9.17, 15) is 9.59 Å². The second-order valence-electron chi connectivity index (χ2n) is 9.14. The fraction of sp³-hybridized carbons (Fsp3) is 0.296. The third-order valence-electron chi connectivity index (χ3n) is 7.18. The van der Waals surface area contributed by atoms with Crippen molar-refractivity contribution in [2.45, 2.75) is 31.5 Å². The second kappa shape index (κ2) is 8.61. The van der Waals surface area contributed by atoms with E-state index in [0.717, 1.165) is 40.7 Å². The number of aromatic amines is 1. The van der Waals surface area contributed by atoms with Crippen LogP contribution in [0.15, 0.2) is 67.3 Å². The van der Waals surface area contributed by atoms with Crippen LogP contribution in [0.1, 0.15) is 29.3 Å². The lowest BCUT2D eigenvalue weighted by molar-refractivity contribution is -0.158. The Hall–Kier alpha value is -4.07. The lowest BCUT2D eigenvalue weighted by Crippen LogP contribution is -2.63. The minimum absolute atomic E-state index is 0.00561. The summed E-state index contributed by atoms with van der Waals surface area (Å²) in [7, 11) is 1.64. The highest BCUT2D eigenvalue weighted by Crippen LogP contribution is 2.44. The van der Waals surface area contributed by atoms with Gasteiger partial charge in [0.15, 0.2) is 0 Å². The van der Waals surface area contributed by atoms with E-state index < -0.39 is 12.1 Å². The maximum atomic E-state index is 13.8. The van der Waals surface area contributed by atoms with Crippen molar-refractivity contribution in [3.8, 4) is 5.75 Å². The number of imidazole rings is 1. The van der Waals surface area contributed by atoms with Crippen LogP contribution in [0.25, 0.3) is 10.9 Å². The highest BCUT2D eigenvalue weighted by molar-refractivity contribution is 5.97. The maximum Gasteiger partial charge on any atom is 0.246 e. The summed E-state index contributed by atoms with van der Waals surface area (Å²) < 4.78 is 7.67. The summed E-state index contributed by atoms with van der Waals surface area (Å²) >= 11 is 0. The molecule has 8 heteroatoms. The second-order valence-corrected chi connectivity index (χ2v) is 9.14. The van der Waals surface area contributed by atoms with Gasteiger partial charge in [0.2, 0.25) is 11.8 Å². The summed E-state index contributed by atoms with van der Waals surface area (Å²) in [6.45, 7) is 1.37. The fourth-order valence-corrected chi connectivity index (χ4v) is 5.59. The number of amides is 2. The van der Waals surface area contributed by atoms with E-state index in [2.05, 4.69) is 16.0 Å². The van der Waals surface area contributed by atoms with Crippen LogP contribution in [0.5, 0.6) is 5.75 Å². The van der Waals surface area contributed by atoms with Crippen molar-refractivity contribution in [3.05, 3.63) is 84.1 Å². The molecule has 178 valence electrons. The number of carbonyl (C=O) groups is 2. The van der Waals surface area contributed by atoms with E-state index in [1.54, 1.807) is 29.4 Å². The molecular formula is C27H27N5O3. The summed E-state index contributed by atoms with van der Waals surface area (Å²) in [4.78, 5) is 38.6. The number of aryl methyl sites for hydroxylation is 1. The third-order valence-corrected chi connectivity index (χ3v) is 7.18. The molecule has 1 N–H and O–H groups in total. The van der Waals surface area contributed by atoms with Gasteiger partial charge in [-0.15, -0.1) is 0 Å². The SMILES string of the molecule is COc1ccccc1C1c2[nH]c3ccccc3c2C[C@H]2C(=O)N(CCCn3ccnc3)CC(=O)N12.